The Balaban J connectivity index is 1.88. The van der Waals surface area contributed by atoms with Gasteiger partial charge >= 0.3 is 12.0 Å². The smallest absolute Gasteiger partial charge is 0.339 e. The Labute approximate surface area is 123 Å². The fraction of sp³-hybridized carbons (Fsp3) is 0.467. The second kappa shape index (κ2) is 6.03. The molecule has 1 fully saturated rings. The number of aromatic hydroxyl groups is 1. The summed E-state index contributed by atoms with van der Waals surface area (Å²) in [4.78, 5) is 22.6. The lowest BCUT2D eigenvalue weighted by molar-refractivity contribution is 0.0694. The highest BCUT2D eigenvalue weighted by Gasteiger charge is 2.41. The summed E-state index contributed by atoms with van der Waals surface area (Å²) in [5.41, 5.74) is 0.428. The second-order valence-corrected chi connectivity index (χ2v) is 5.59. The lowest BCUT2D eigenvalue weighted by atomic mass is 10.0. The summed E-state index contributed by atoms with van der Waals surface area (Å²) in [7, 11) is 0. The Morgan fingerprint density at radius 2 is 2.05 bits per heavy atom. The molecule has 6 heteroatoms. The largest absolute Gasteiger partial charge is 0.507 e. The molecule has 1 aromatic carbocycles. The maximum absolute atomic E-state index is 11.8. The first-order valence-electron chi connectivity index (χ1n) is 7.07. The molecule has 1 aliphatic rings. The number of phenols is 1. The van der Waals surface area contributed by atoms with E-state index >= 15 is 0 Å². The van der Waals surface area contributed by atoms with E-state index in [2.05, 4.69) is 17.6 Å². The average Bonchev–Trinajstić information content (AvgIpc) is 3.17. The van der Waals surface area contributed by atoms with E-state index in [1.165, 1.54) is 18.2 Å². The fourth-order valence-electron chi connectivity index (χ4n) is 2.46. The zero-order valence-electron chi connectivity index (χ0n) is 12.0. The predicted molar refractivity (Wildman–Crippen MR) is 78.7 cm³/mol. The Hall–Kier alpha value is -2.24. The monoisotopic (exact) mass is 292 g/mol. The van der Waals surface area contributed by atoms with E-state index in [1.54, 1.807) is 0 Å². The molecular weight excluding hydrogens is 272 g/mol. The molecule has 6 nitrogen and oxygen atoms in total. The minimum Gasteiger partial charge on any atom is -0.507 e. The molecule has 1 aromatic rings. The number of anilines is 1. The van der Waals surface area contributed by atoms with Gasteiger partial charge in [-0.25, -0.2) is 9.59 Å². The van der Waals surface area contributed by atoms with Gasteiger partial charge in [0.1, 0.15) is 11.3 Å². The summed E-state index contributed by atoms with van der Waals surface area (Å²) >= 11 is 0. The molecule has 2 amide bonds. The van der Waals surface area contributed by atoms with Crippen molar-refractivity contribution in [2.75, 3.05) is 11.9 Å². The van der Waals surface area contributed by atoms with Gasteiger partial charge in [0.25, 0.3) is 0 Å². The van der Waals surface area contributed by atoms with Crippen LogP contribution < -0.4 is 10.6 Å². The molecule has 0 unspecified atom stereocenters. The number of benzene rings is 1. The van der Waals surface area contributed by atoms with Crippen LogP contribution in [0.1, 0.15) is 43.0 Å². The van der Waals surface area contributed by atoms with Crippen LogP contribution in [0.2, 0.25) is 0 Å². The highest BCUT2D eigenvalue weighted by molar-refractivity contribution is 5.93. The predicted octanol–water partition coefficient (Wildman–Crippen LogP) is 2.79. The van der Waals surface area contributed by atoms with Crippen LogP contribution in [0, 0.1) is 5.41 Å². The lowest BCUT2D eigenvalue weighted by Crippen LogP contribution is -2.33. The average molecular weight is 292 g/mol. The van der Waals surface area contributed by atoms with Crippen LogP contribution in [0.15, 0.2) is 18.2 Å². The van der Waals surface area contributed by atoms with Gasteiger partial charge in [0.05, 0.1) is 0 Å². The number of carboxylic acid groups (broad SMARTS) is 1. The summed E-state index contributed by atoms with van der Waals surface area (Å²) in [5.74, 6) is -1.58. The summed E-state index contributed by atoms with van der Waals surface area (Å²) < 4.78 is 0. The summed E-state index contributed by atoms with van der Waals surface area (Å²) in [6.07, 6.45) is 4.51. The number of nitrogens with one attached hydrogen (secondary N) is 2. The molecule has 2 rings (SSSR count). The summed E-state index contributed by atoms with van der Waals surface area (Å²) in [5, 5.41) is 23.8. The summed E-state index contributed by atoms with van der Waals surface area (Å²) in [6.45, 7) is 2.78. The third kappa shape index (κ3) is 3.87. The van der Waals surface area contributed by atoms with E-state index < -0.39 is 5.97 Å². The van der Waals surface area contributed by atoms with Crippen molar-refractivity contribution in [3.05, 3.63) is 23.8 Å². The molecule has 0 radical (unpaired) electrons. The minimum atomic E-state index is -1.21. The molecule has 4 N–H and O–H groups in total. The van der Waals surface area contributed by atoms with Gasteiger partial charge in [-0.3, -0.25) is 0 Å². The van der Waals surface area contributed by atoms with Crippen molar-refractivity contribution in [1.29, 1.82) is 0 Å². The first kappa shape index (κ1) is 15.2. The normalized spacial score (nSPS) is 15.3. The van der Waals surface area contributed by atoms with E-state index in [-0.39, 0.29) is 22.8 Å². The van der Waals surface area contributed by atoms with Crippen molar-refractivity contribution in [2.24, 2.45) is 5.41 Å². The van der Waals surface area contributed by atoms with Crippen molar-refractivity contribution in [3.63, 3.8) is 0 Å². The number of rotatable bonds is 6. The number of aromatic carboxylic acids is 1. The van der Waals surface area contributed by atoms with Crippen LogP contribution in [0.4, 0.5) is 10.5 Å². The van der Waals surface area contributed by atoms with E-state index in [4.69, 9.17) is 5.11 Å². The van der Waals surface area contributed by atoms with Crippen molar-refractivity contribution in [3.8, 4) is 5.75 Å². The maximum atomic E-state index is 11.8. The third-order valence-electron chi connectivity index (χ3n) is 3.85. The molecule has 0 heterocycles. The number of hydrogen-bond donors (Lipinski definition) is 4. The van der Waals surface area contributed by atoms with Crippen LogP contribution in [0.3, 0.4) is 0 Å². The van der Waals surface area contributed by atoms with Crippen molar-refractivity contribution in [2.45, 2.75) is 32.6 Å². The van der Waals surface area contributed by atoms with Crippen molar-refractivity contribution < 1.29 is 19.8 Å². The van der Waals surface area contributed by atoms with Gasteiger partial charge in [0.2, 0.25) is 0 Å². The highest BCUT2D eigenvalue weighted by atomic mass is 16.4. The SMILES string of the molecule is CCCC1(CNC(=O)Nc2ccc(C(=O)O)c(O)c2)CC1. The first-order valence-corrected chi connectivity index (χ1v) is 7.07. The van der Waals surface area contributed by atoms with Crippen LogP contribution in [-0.4, -0.2) is 28.8 Å². The Kier molecular flexibility index (Phi) is 4.35. The molecule has 0 saturated heterocycles. The number of amides is 2. The minimum absolute atomic E-state index is 0.194. The van der Waals surface area contributed by atoms with Gasteiger partial charge < -0.3 is 20.8 Å². The van der Waals surface area contributed by atoms with Crippen molar-refractivity contribution >= 4 is 17.7 Å². The standard InChI is InChI=1S/C15H20N2O4/c1-2-5-15(6-7-15)9-16-14(21)17-10-3-4-11(13(19)20)12(18)8-10/h3-4,8,18H,2,5-7,9H2,1H3,(H,19,20)(H2,16,17,21). The molecule has 0 atom stereocenters. The van der Waals surface area contributed by atoms with Gasteiger partial charge in [-0.05, 0) is 36.8 Å². The van der Waals surface area contributed by atoms with E-state index in [0.29, 0.717) is 12.2 Å². The van der Waals surface area contributed by atoms with Crippen LogP contribution in [-0.2, 0) is 0 Å². The van der Waals surface area contributed by atoms with E-state index in [0.717, 1.165) is 25.7 Å². The van der Waals surface area contributed by atoms with E-state index in [1.807, 2.05) is 0 Å². The quantitative estimate of drug-likeness (QED) is 0.648. The third-order valence-corrected chi connectivity index (χ3v) is 3.85. The maximum Gasteiger partial charge on any atom is 0.339 e. The molecule has 1 aliphatic carbocycles. The molecule has 0 aromatic heterocycles. The topological polar surface area (TPSA) is 98.7 Å². The van der Waals surface area contributed by atoms with Crippen LogP contribution in [0.5, 0.6) is 5.75 Å². The zero-order chi connectivity index (χ0) is 15.5. The zero-order valence-corrected chi connectivity index (χ0v) is 12.0. The van der Waals surface area contributed by atoms with Crippen molar-refractivity contribution in [1.82, 2.24) is 5.32 Å². The first-order chi connectivity index (χ1) is 9.96. The van der Waals surface area contributed by atoms with Gasteiger partial charge in [-0.2, -0.15) is 0 Å². The number of carboxylic acids is 1. The number of carbonyl (C=O) groups excluding carboxylic acids is 1. The Bertz CT molecular complexity index is 553. The van der Waals surface area contributed by atoms with Gasteiger partial charge in [0.15, 0.2) is 0 Å². The molecule has 21 heavy (non-hydrogen) atoms. The molecule has 0 aliphatic heterocycles. The molecular formula is C15H20N2O4. The Morgan fingerprint density at radius 3 is 2.57 bits per heavy atom. The van der Waals surface area contributed by atoms with Gasteiger partial charge in [-0.15, -0.1) is 0 Å². The van der Waals surface area contributed by atoms with Gasteiger partial charge in [-0.1, -0.05) is 13.3 Å². The lowest BCUT2D eigenvalue weighted by Gasteiger charge is -2.15. The van der Waals surface area contributed by atoms with Gasteiger partial charge in [0, 0.05) is 18.3 Å². The second-order valence-electron chi connectivity index (χ2n) is 5.59. The number of urea groups is 1. The fourth-order valence-corrected chi connectivity index (χ4v) is 2.46. The van der Waals surface area contributed by atoms with Crippen LogP contribution >= 0.6 is 0 Å². The molecule has 114 valence electrons. The van der Waals surface area contributed by atoms with E-state index in [9.17, 15) is 14.7 Å². The Morgan fingerprint density at radius 1 is 1.33 bits per heavy atom. The number of carbonyl (C=O) groups is 2. The summed E-state index contributed by atoms with van der Waals surface area (Å²) in [6, 6.07) is 3.58. The van der Waals surface area contributed by atoms with Crippen LogP contribution in [0.25, 0.3) is 0 Å². The number of hydrogen-bond acceptors (Lipinski definition) is 3. The molecule has 0 spiro atoms. The highest BCUT2D eigenvalue weighted by Crippen LogP contribution is 2.48. The molecule has 1 saturated carbocycles. The molecule has 0 bridgehead atoms.